The number of hydrogen-bond donors (Lipinski definition) is 1. The molecular formula is C11H14ClNO. The molecule has 0 saturated heterocycles. The van der Waals surface area contributed by atoms with Crippen LogP contribution in [0.4, 0.5) is 5.69 Å². The third kappa shape index (κ3) is 1.50. The molecule has 2 nitrogen and oxygen atoms in total. The highest BCUT2D eigenvalue weighted by Gasteiger charge is 2.35. The molecule has 1 aliphatic rings. The first-order chi connectivity index (χ1) is 6.00. The van der Waals surface area contributed by atoms with Gasteiger partial charge in [0.15, 0.2) is 5.78 Å². The van der Waals surface area contributed by atoms with Crippen LogP contribution in [0.1, 0.15) is 36.2 Å². The number of hydrogen-bond acceptors (Lipinski definition) is 2. The van der Waals surface area contributed by atoms with Crippen LogP contribution in [0.2, 0.25) is 0 Å². The van der Waals surface area contributed by atoms with Crippen molar-refractivity contribution in [3.63, 3.8) is 0 Å². The summed E-state index contributed by atoms with van der Waals surface area (Å²) in [5.41, 5.74) is 8.23. The van der Waals surface area contributed by atoms with E-state index in [0.717, 1.165) is 11.1 Å². The van der Waals surface area contributed by atoms with Crippen LogP contribution in [0.3, 0.4) is 0 Å². The number of nitrogen functional groups attached to an aromatic ring is 1. The standard InChI is InChI=1S/C11H13NO.ClH/c1-11(2)6-10(13)8-5-7(12)3-4-9(8)11;/h3-5H,6,12H2,1-2H3;1H. The van der Waals surface area contributed by atoms with Gasteiger partial charge in [0.25, 0.3) is 0 Å². The molecule has 14 heavy (non-hydrogen) atoms. The van der Waals surface area contributed by atoms with Gasteiger partial charge in [0, 0.05) is 17.7 Å². The van der Waals surface area contributed by atoms with E-state index in [1.807, 2.05) is 12.1 Å². The highest BCUT2D eigenvalue weighted by Crippen LogP contribution is 2.38. The Bertz CT molecular complexity index is 385. The second-order valence-electron chi connectivity index (χ2n) is 4.29. The summed E-state index contributed by atoms with van der Waals surface area (Å²) in [5, 5.41) is 0. The molecule has 2 N–H and O–H groups in total. The van der Waals surface area contributed by atoms with Gasteiger partial charge in [-0.05, 0) is 23.1 Å². The van der Waals surface area contributed by atoms with Crippen molar-refractivity contribution in [2.75, 3.05) is 5.73 Å². The van der Waals surface area contributed by atoms with Gasteiger partial charge in [0.2, 0.25) is 0 Å². The number of Topliss-reactive ketones (excluding diaryl/α,β-unsaturated/α-hetero) is 1. The summed E-state index contributed by atoms with van der Waals surface area (Å²) in [6.45, 7) is 4.18. The third-order valence-electron chi connectivity index (χ3n) is 2.68. The fourth-order valence-electron chi connectivity index (χ4n) is 1.97. The summed E-state index contributed by atoms with van der Waals surface area (Å²) in [5.74, 6) is 0.215. The van der Waals surface area contributed by atoms with E-state index in [0.29, 0.717) is 12.1 Å². The molecule has 0 spiro atoms. The monoisotopic (exact) mass is 211 g/mol. The quantitative estimate of drug-likeness (QED) is 0.671. The topological polar surface area (TPSA) is 43.1 Å². The number of rotatable bonds is 0. The fraction of sp³-hybridized carbons (Fsp3) is 0.364. The van der Waals surface area contributed by atoms with Crippen LogP contribution in [0.25, 0.3) is 0 Å². The van der Waals surface area contributed by atoms with Crippen molar-refractivity contribution in [3.05, 3.63) is 29.3 Å². The molecule has 0 saturated carbocycles. The number of halogens is 1. The Morgan fingerprint density at radius 3 is 2.64 bits per heavy atom. The van der Waals surface area contributed by atoms with Crippen molar-refractivity contribution >= 4 is 23.9 Å². The molecule has 2 rings (SSSR count). The SMILES string of the molecule is CC1(C)CC(=O)c2cc(N)ccc21.Cl. The number of ketones is 1. The molecule has 3 heteroatoms. The molecule has 0 fully saturated rings. The number of anilines is 1. The van der Waals surface area contributed by atoms with Gasteiger partial charge in [-0.1, -0.05) is 19.9 Å². The van der Waals surface area contributed by atoms with Gasteiger partial charge in [-0.15, -0.1) is 12.4 Å². The normalized spacial score (nSPS) is 17.4. The van der Waals surface area contributed by atoms with Gasteiger partial charge < -0.3 is 5.73 Å². The molecular weight excluding hydrogens is 198 g/mol. The summed E-state index contributed by atoms with van der Waals surface area (Å²) in [6.07, 6.45) is 0.603. The largest absolute Gasteiger partial charge is 0.399 e. The molecule has 0 atom stereocenters. The molecule has 1 aromatic rings. The maximum atomic E-state index is 11.6. The third-order valence-corrected chi connectivity index (χ3v) is 2.68. The minimum Gasteiger partial charge on any atom is -0.399 e. The smallest absolute Gasteiger partial charge is 0.164 e. The molecule has 0 aromatic heterocycles. The summed E-state index contributed by atoms with van der Waals surface area (Å²) < 4.78 is 0. The van der Waals surface area contributed by atoms with E-state index in [1.165, 1.54) is 0 Å². The van der Waals surface area contributed by atoms with Crippen LogP contribution >= 0.6 is 12.4 Å². The fourth-order valence-corrected chi connectivity index (χ4v) is 1.97. The van der Waals surface area contributed by atoms with Crippen LogP contribution in [0.15, 0.2) is 18.2 Å². The van der Waals surface area contributed by atoms with Crippen LogP contribution in [0.5, 0.6) is 0 Å². The Balaban J connectivity index is 0.000000980. The van der Waals surface area contributed by atoms with E-state index in [9.17, 15) is 4.79 Å². The molecule has 76 valence electrons. The average molecular weight is 212 g/mol. The van der Waals surface area contributed by atoms with E-state index in [1.54, 1.807) is 6.07 Å². The van der Waals surface area contributed by atoms with Gasteiger partial charge in [0.1, 0.15) is 0 Å². The summed E-state index contributed by atoms with van der Waals surface area (Å²) in [4.78, 5) is 11.6. The Hall–Kier alpha value is -1.02. The predicted molar refractivity (Wildman–Crippen MR) is 60.1 cm³/mol. The first-order valence-electron chi connectivity index (χ1n) is 4.44. The highest BCUT2D eigenvalue weighted by molar-refractivity contribution is 6.02. The lowest BCUT2D eigenvalue weighted by Gasteiger charge is -2.17. The van der Waals surface area contributed by atoms with Crippen LogP contribution in [0, 0.1) is 0 Å². The Morgan fingerprint density at radius 2 is 2.00 bits per heavy atom. The molecule has 0 bridgehead atoms. The van der Waals surface area contributed by atoms with Crippen molar-refractivity contribution in [2.45, 2.75) is 25.7 Å². The summed E-state index contributed by atoms with van der Waals surface area (Å²) in [6, 6.07) is 5.61. The minimum atomic E-state index is -0.0138. The van der Waals surface area contributed by atoms with Gasteiger partial charge in [0.05, 0.1) is 0 Å². The molecule has 0 amide bonds. The molecule has 0 unspecified atom stereocenters. The summed E-state index contributed by atoms with van der Waals surface area (Å²) in [7, 11) is 0. The molecule has 1 aliphatic carbocycles. The first-order valence-corrected chi connectivity index (χ1v) is 4.44. The summed E-state index contributed by atoms with van der Waals surface area (Å²) >= 11 is 0. The van der Waals surface area contributed by atoms with Gasteiger partial charge in [-0.25, -0.2) is 0 Å². The van der Waals surface area contributed by atoms with Crippen molar-refractivity contribution < 1.29 is 4.79 Å². The van der Waals surface area contributed by atoms with E-state index in [4.69, 9.17) is 5.73 Å². The van der Waals surface area contributed by atoms with Gasteiger partial charge >= 0.3 is 0 Å². The van der Waals surface area contributed by atoms with E-state index < -0.39 is 0 Å². The van der Waals surface area contributed by atoms with Gasteiger partial charge in [-0.3, -0.25) is 4.79 Å². The second-order valence-corrected chi connectivity index (χ2v) is 4.29. The maximum absolute atomic E-state index is 11.6. The first kappa shape index (κ1) is 11.1. The number of carbonyl (C=O) groups excluding carboxylic acids is 1. The van der Waals surface area contributed by atoms with E-state index in [-0.39, 0.29) is 23.6 Å². The average Bonchev–Trinajstić information content (AvgIpc) is 2.22. The number of benzene rings is 1. The molecule has 0 aliphatic heterocycles. The van der Waals surface area contributed by atoms with Gasteiger partial charge in [-0.2, -0.15) is 0 Å². The van der Waals surface area contributed by atoms with Crippen LogP contribution in [-0.4, -0.2) is 5.78 Å². The second kappa shape index (κ2) is 3.28. The van der Waals surface area contributed by atoms with Crippen molar-refractivity contribution in [1.82, 2.24) is 0 Å². The molecule has 0 heterocycles. The Kier molecular flexibility index (Phi) is 2.59. The zero-order valence-corrected chi connectivity index (χ0v) is 9.15. The van der Waals surface area contributed by atoms with Crippen molar-refractivity contribution in [1.29, 1.82) is 0 Å². The van der Waals surface area contributed by atoms with E-state index in [2.05, 4.69) is 13.8 Å². The lowest BCUT2D eigenvalue weighted by Crippen LogP contribution is -2.12. The molecule has 0 radical (unpaired) electrons. The Morgan fingerprint density at radius 1 is 1.36 bits per heavy atom. The number of fused-ring (bicyclic) bond motifs is 1. The van der Waals surface area contributed by atoms with Crippen LogP contribution in [-0.2, 0) is 5.41 Å². The lowest BCUT2D eigenvalue weighted by molar-refractivity contribution is 0.0979. The number of nitrogens with two attached hydrogens (primary N) is 1. The van der Waals surface area contributed by atoms with E-state index >= 15 is 0 Å². The highest BCUT2D eigenvalue weighted by atomic mass is 35.5. The zero-order chi connectivity index (χ0) is 9.64. The maximum Gasteiger partial charge on any atom is 0.164 e. The Labute approximate surface area is 89.9 Å². The van der Waals surface area contributed by atoms with Crippen LogP contribution < -0.4 is 5.73 Å². The van der Waals surface area contributed by atoms with Crippen molar-refractivity contribution in [3.8, 4) is 0 Å². The predicted octanol–water partition coefficient (Wildman–Crippen LogP) is 2.55. The number of carbonyl (C=O) groups is 1. The van der Waals surface area contributed by atoms with Crippen molar-refractivity contribution in [2.24, 2.45) is 0 Å². The zero-order valence-electron chi connectivity index (χ0n) is 8.33. The molecule has 1 aromatic carbocycles. The minimum absolute atomic E-state index is 0. The lowest BCUT2D eigenvalue weighted by atomic mass is 9.86.